The van der Waals surface area contributed by atoms with Gasteiger partial charge in [-0.2, -0.15) is 0 Å². The van der Waals surface area contributed by atoms with E-state index in [2.05, 4.69) is 4.98 Å². The maximum atomic E-state index is 13.4. The molecule has 0 aliphatic heterocycles. The first-order valence-corrected chi connectivity index (χ1v) is 8.35. The molecule has 0 unspecified atom stereocenters. The van der Waals surface area contributed by atoms with E-state index in [4.69, 9.17) is 0 Å². The molecule has 5 nitrogen and oxygen atoms in total. The lowest BCUT2D eigenvalue weighted by Gasteiger charge is -2.09. The lowest BCUT2D eigenvalue weighted by atomic mass is 10.1. The van der Waals surface area contributed by atoms with Gasteiger partial charge >= 0.3 is 0 Å². The van der Waals surface area contributed by atoms with E-state index in [-0.39, 0.29) is 5.56 Å². The fourth-order valence-electron chi connectivity index (χ4n) is 2.22. The summed E-state index contributed by atoms with van der Waals surface area (Å²) in [6.07, 6.45) is 2.89. The average molecular weight is 308 g/mol. The highest BCUT2D eigenvalue weighted by atomic mass is 32.2. The molecule has 2 aromatic rings. The van der Waals surface area contributed by atoms with Crippen LogP contribution in [0, 0.1) is 5.82 Å². The van der Waals surface area contributed by atoms with Crippen LogP contribution in [0.2, 0.25) is 0 Å². The number of carbonyl (C=O) groups is 1. The summed E-state index contributed by atoms with van der Waals surface area (Å²) in [7, 11) is -3.68. The number of amides is 1. The van der Waals surface area contributed by atoms with Crippen LogP contribution in [0.3, 0.4) is 0 Å². The van der Waals surface area contributed by atoms with Crippen molar-refractivity contribution >= 4 is 26.8 Å². The van der Waals surface area contributed by atoms with Crippen LogP contribution < -0.4 is 4.72 Å². The maximum absolute atomic E-state index is 13.4. The fourth-order valence-corrected chi connectivity index (χ4v) is 2.66. The molecular weight excluding hydrogens is 295 g/mol. The number of nitrogens with one attached hydrogen (secondary N) is 1. The van der Waals surface area contributed by atoms with E-state index in [1.807, 2.05) is 4.72 Å². The second-order valence-electron chi connectivity index (χ2n) is 5.23. The van der Waals surface area contributed by atoms with Crippen molar-refractivity contribution in [1.29, 1.82) is 0 Å². The van der Waals surface area contributed by atoms with Crippen LogP contribution in [0.25, 0.3) is 10.9 Å². The number of carbonyl (C=O) groups excluding carboxylic acids is 1. The Morgan fingerprint density at radius 2 is 2.05 bits per heavy atom. The quantitative estimate of drug-likeness (QED) is 0.940. The molecule has 1 aromatic heterocycles. The zero-order valence-electron chi connectivity index (χ0n) is 11.3. The van der Waals surface area contributed by atoms with E-state index in [9.17, 15) is 17.6 Å². The van der Waals surface area contributed by atoms with Gasteiger partial charge in [-0.3, -0.25) is 9.78 Å². The molecule has 0 radical (unpaired) electrons. The van der Waals surface area contributed by atoms with Crippen molar-refractivity contribution in [2.24, 2.45) is 0 Å². The van der Waals surface area contributed by atoms with Crippen LogP contribution >= 0.6 is 0 Å². The first-order chi connectivity index (χ1) is 9.83. The number of halogens is 1. The minimum absolute atomic E-state index is 0.131. The van der Waals surface area contributed by atoms with Crippen molar-refractivity contribution in [1.82, 2.24) is 9.71 Å². The number of fused-ring (bicyclic) bond motifs is 1. The smallest absolute Gasteiger partial charge is 0.265 e. The van der Waals surface area contributed by atoms with E-state index in [1.54, 1.807) is 6.07 Å². The van der Waals surface area contributed by atoms with Crippen LogP contribution in [0.5, 0.6) is 0 Å². The summed E-state index contributed by atoms with van der Waals surface area (Å²) >= 11 is 0. The zero-order chi connectivity index (χ0) is 15.2. The Bertz CT molecular complexity index is 845. The van der Waals surface area contributed by atoms with Gasteiger partial charge < -0.3 is 0 Å². The number of hydrogen-bond acceptors (Lipinski definition) is 4. The highest BCUT2D eigenvalue weighted by molar-refractivity contribution is 7.89. The SMILES string of the molecule is CS(=O)(=O)NC(=O)c1cc(C2CC2)nc2ccc(F)cc12. The number of aromatic nitrogens is 1. The van der Waals surface area contributed by atoms with Crippen molar-refractivity contribution in [3.63, 3.8) is 0 Å². The predicted octanol–water partition coefficient (Wildman–Crippen LogP) is 1.94. The standard InChI is InChI=1S/C14H13FN2O3S/c1-21(19,20)17-14(18)11-7-13(8-2-3-8)16-12-5-4-9(15)6-10(11)12/h4-8H,2-3H2,1H3,(H,17,18). The Hall–Kier alpha value is -2.02. The minimum Gasteiger partial charge on any atom is -0.268 e. The van der Waals surface area contributed by atoms with Gasteiger partial charge in [0.25, 0.3) is 5.91 Å². The summed E-state index contributed by atoms with van der Waals surface area (Å²) in [5.74, 6) is -0.974. The third kappa shape index (κ3) is 3.02. The molecule has 1 heterocycles. The van der Waals surface area contributed by atoms with Gasteiger partial charge in [-0.15, -0.1) is 0 Å². The minimum atomic E-state index is -3.68. The first-order valence-electron chi connectivity index (χ1n) is 6.46. The number of rotatable bonds is 3. The van der Waals surface area contributed by atoms with Crippen molar-refractivity contribution in [3.8, 4) is 0 Å². The molecule has 0 spiro atoms. The topological polar surface area (TPSA) is 76.1 Å². The van der Waals surface area contributed by atoms with Gasteiger partial charge in [0.05, 0.1) is 17.3 Å². The molecule has 1 aliphatic carbocycles. The number of pyridine rings is 1. The van der Waals surface area contributed by atoms with Gasteiger partial charge in [0, 0.05) is 17.0 Å². The van der Waals surface area contributed by atoms with Gasteiger partial charge in [0.1, 0.15) is 5.82 Å². The summed E-state index contributed by atoms with van der Waals surface area (Å²) < 4.78 is 37.8. The number of nitrogens with zero attached hydrogens (tertiary/aromatic N) is 1. The Balaban J connectivity index is 2.17. The van der Waals surface area contributed by atoms with Crippen LogP contribution in [-0.4, -0.2) is 25.6 Å². The summed E-state index contributed by atoms with van der Waals surface area (Å²) in [5, 5.41) is 0.306. The number of benzene rings is 1. The first kappa shape index (κ1) is 13.9. The molecule has 1 aromatic carbocycles. The van der Waals surface area contributed by atoms with E-state index >= 15 is 0 Å². The third-order valence-corrected chi connectivity index (χ3v) is 3.87. The fraction of sp³-hybridized carbons (Fsp3) is 0.286. The summed E-state index contributed by atoms with van der Waals surface area (Å²) in [4.78, 5) is 16.6. The largest absolute Gasteiger partial charge is 0.268 e. The molecule has 3 rings (SSSR count). The lowest BCUT2D eigenvalue weighted by molar-refractivity contribution is 0.0983. The van der Waals surface area contributed by atoms with Crippen LogP contribution in [0.15, 0.2) is 24.3 Å². The predicted molar refractivity (Wildman–Crippen MR) is 76.0 cm³/mol. The van der Waals surface area contributed by atoms with Crippen LogP contribution in [-0.2, 0) is 10.0 Å². The molecule has 0 saturated heterocycles. The van der Waals surface area contributed by atoms with Gasteiger partial charge in [-0.1, -0.05) is 0 Å². The molecule has 1 fully saturated rings. The molecule has 0 bridgehead atoms. The van der Waals surface area contributed by atoms with Gasteiger partial charge in [0.15, 0.2) is 0 Å². The molecule has 21 heavy (non-hydrogen) atoms. The zero-order valence-corrected chi connectivity index (χ0v) is 12.1. The lowest BCUT2D eigenvalue weighted by Crippen LogP contribution is -2.29. The van der Waals surface area contributed by atoms with Gasteiger partial charge in [-0.25, -0.2) is 17.5 Å². The van der Waals surface area contributed by atoms with Crippen LogP contribution in [0.1, 0.15) is 34.8 Å². The van der Waals surface area contributed by atoms with Crippen molar-refractivity contribution in [2.45, 2.75) is 18.8 Å². The van der Waals surface area contributed by atoms with E-state index in [1.165, 1.54) is 18.2 Å². The molecule has 1 N–H and O–H groups in total. The molecule has 1 amide bonds. The average Bonchev–Trinajstić information content (AvgIpc) is 3.19. The summed E-state index contributed by atoms with van der Waals surface area (Å²) in [5.41, 5.74) is 1.36. The third-order valence-electron chi connectivity index (χ3n) is 3.31. The van der Waals surface area contributed by atoms with Crippen molar-refractivity contribution < 1.29 is 17.6 Å². The highest BCUT2D eigenvalue weighted by Gasteiger charge is 2.27. The van der Waals surface area contributed by atoms with E-state index < -0.39 is 21.7 Å². The molecule has 7 heteroatoms. The van der Waals surface area contributed by atoms with E-state index in [0.29, 0.717) is 16.8 Å². The number of sulfonamides is 1. The van der Waals surface area contributed by atoms with Gasteiger partial charge in [0.2, 0.25) is 10.0 Å². The van der Waals surface area contributed by atoms with Crippen molar-refractivity contribution in [2.75, 3.05) is 6.26 Å². The Morgan fingerprint density at radius 1 is 1.33 bits per heavy atom. The summed E-state index contributed by atoms with van der Waals surface area (Å²) in [6.45, 7) is 0. The molecule has 1 saturated carbocycles. The molecule has 1 aliphatic rings. The highest BCUT2D eigenvalue weighted by Crippen LogP contribution is 2.40. The second kappa shape index (κ2) is 4.77. The Kier molecular flexibility index (Phi) is 3.16. The molecule has 110 valence electrons. The molecule has 0 atom stereocenters. The molecular formula is C14H13FN2O3S. The van der Waals surface area contributed by atoms with Crippen LogP contribution in [0.4, 0.5) is 4.39 Å². The summed E-state index contributed by atoms with van der Waals surface area (Å²) in [6, 6.07) is 5.51. The Labute approximate surface area is 121 Å². The number of hydrogen-bond donors (Lipinski definition) is 1. The maximum Gasteiger partial charge on any atom is 0.265 e. The second-order valence-corrected chi connectivity index (χ2v) is 6.98. The monoisotopic (exact) mass is 308 g/mol. The van der Waals surface area contributed by atoms with Gasteiger partial charge in [-0.05, 0) is 37.1 Å². The normalized spacial score (nSPS) is 15.1. The van der Waals surface area contributed by atoms with Crippen molar-refractivity contribution in [3.05, 3.63) is 41.3 Å². The van der Waals surface area contributed by atoms with E-state index in [0.717, 1.165) is 24.8 Å². The Morgan fingerprint density at radius 3 is 2.67 bits per heavy atom.